The lowest BCUT2D eigenvalue weighted by Crippen LogP contribution is -2.38. The Bertz CT molecular complexity index is 326. The van der Waals surface area contributed by atoms with E-state index < -0.39 is 0 Å². The highest BCUT2D eigenvalue weighted by atomic mass is 15.1. The fourth-order valence-corrected chi connectivity index (χ4v) is 2.97. The van der Waals surface area contributed by atoms with Gasteiger partial charge >= 0.3 is 0 Å². The number of hydrogen-bond acceptors (Lipinski definition) is 2. The van der Waals surface area contributed by atoms with Crippen LogP contribution in [0.5, 0.6) is 0 Å². The molecule has 0 fully saturated rings. The van der Waals surface area contributed by atoms with Gasteiger partial charge in [0.15, 0.2) is 0 Å². The standard InChI is InChI=1S/C16H31N3/c1-5-9-14(10-6-2)15(17-7-3)13-16-18-11-12-19(16)8-4/h11-12,14-15,17H,5-10,13H2,1-4H3. The molecular weight excluding hydrogens is 234 g/mol. The van der Waals surface area contributed by atoms with Gasteiger partial charge in [0, 0.05) is 31.4 Å². The van der Waals surface area contributed by atoms with E-state index in [9.17, 15) is 0 Å². The molecule has 19 heavy (non-hydrogen) atoms. The van der Waals surface area contributed by atoms with Crippen LogP contribution >= 0.6 is 0 Å². The van der Waals surface area contributed by atoms with Gasteiger partial charge in [-0.1, -0.05) is 33.6 Å². The van der Waals surface area contributed by atoms with Gasteiger partial charge in [0.2, 0.25) is 0 Å². The van der Waals surface area contributed by atoms with Crippen LogP contribution in [-0.2, 0) is 13.0 Å². The maximum Gasteiger partial charge on any atom is 0.110 e. The van der Waals surface area contributed by atoms with Crippen LogP contribution in [0, 0.1) is 5.92 Å². The lowest BCUT2D eigenvalue weighted by atomic mass is 9.88. The summed E-state index contributed by atoms with van der Waals surface area (Å²) < 4.78 is 2.26. The summed E-state index contributed by atoms with van der Waals surface area (Å²) in [5, 5.41) is 3.69. The Morgan fingerprint density at radius 1 is 1.16 bits per heavy atom. The minimum Gasteiger partial charge on any atom is -0.335 e. The summed E-state index contributed by atoms with van der Waals surface area (Å²) in [6, 6.07) is 0.567. The summed E-state index contributed by atoms with van der Waals surface area (Å²) in [7, 11) is 0. The molecule has 1 heterocycles. The van der Waals surface area contributed by atoms with E-state index in [0.717, 1.165) is 25.4 Å². The van der Waals surface area contributed by atoms with E-state index >= 15 is 0 Å². The molecular formula is C16H31N3. The number of aryl methyl sites for hydroxylation is 1. The van der Waals surface area contributed by atoms with Crippen LogP contribution in [0.1, 0.15) is 59.2 Å². The van der Waals surface area contributed by atoms with Crippen LogP contribution in [0.15, 0.2) is 12.4 Å². The topological polar surface area (TPSA) is 29.9 Å². The summed E-state index contributed by atoms with van der Waals surface area (Å²) >= 11 is 0. The molecule has 3 nitrogen and oxygen atoms in total. The number of imidazole rings is 1. The van der Waals surface area contributed by atoms with Crippen LogP contribution in [0.4, 0.5) is 0 Å². The quantitative estimate of drug-likeness (QED) is 0.700. The second-order valence-electron chi connectivity index (χ2n) is 5.34. The highest BCUT2D eigenvalue weighted by Gasteiger charge is 2.21. The normalized spacial score (nSPS) is 13.1. The molecule has 0 bridgehead atoms. The monoisotopic (exact) mass is 265 g/mol. The van der Waals surface area contributed by atoms with Crippen LogP contribution in [0.3, 0.4) is 0 Å². The van der Waals surface area contributed by atoms with E-state index in [1.807, 2.05) is 6.20 Å². The van der Waals surface area contributed by atoms with Crippen LogP contribution < -0.4 is 5.32 Å². The molecule has 0 radical (unpaired) electrons. The highest BCUT2D eigenvalue weighted by molar-refractivity contribution is 4.97. The third kappa shape index (κ3) is 4.98. The molecule has 0 aliphatic rings. The average molecular weight is 265 g/mol. The van der Waals surface area contributed by atoms with Crippen molar-refractivity contribution in [1.29, 1.82) is 0 Å². The maximum absolute atomic E-state index is 4.53. The van der Waals surface area contributed by atoms with Crippen LogP contribution in [0.25, 0.3) is 0 Å². The zero-order valence-corrected chi connectivity index (χ0v) is 13.2. The van der Waals surface area contributed by atoms with Crippen molar-refractivity contribution in [3.63, 3.8) is 0 Å². The number of hydrogen-bond donors (Lipinski definition) is 1. The number of aromatic nitrogens is 2. The first-order chi connectivity index (χ1) is 9.26. The van der Waals surface area contributed by atoms with Gasteiger partial charge in [-0.2, -0.15) is 0 Å². The predicted molar refractivity (Wildman–Crippen MR) is 82.4 cm³/mol. The van der Waals surface area contributed by atoms with Gasteiger partial charge in [-0.25, -0.2) is 4.98 Å². The first-order valence-electron chi connectivity index (χ1n) is 8.00. The fourth-order valence-electron chi connectivity index (χ4n) is 2.97. The molecule has 110 valence electrons. The van der Waals surface area contributed by atoms with Crippen molar-refractivity contribution in [3.05, 3.63) is 18.2 Å². The summed E-state index contributed by atoms with van der Waals surface area (Å²) in [4.78, 5) is 4.53. The zero-order valence-electron chi connectivity index (χ0n) is 13.2. The van der Waals surface area contributed by atoms with Crippen molar-refractivity contribution in [2.75, 3.05) is 6.54 Å². The average Bonchev–Trinajstić information content (AvgIpc) is 2.85. The highest BCUT2D eigenvalue weighted by Crippen LogP contribution is 2.20. The lowest BCUT2D eigenvalue weighted by molar-refractivity contribution is 0.307. The minimum absolute atomic E-state index is 0.567. The SMILES string of the molecule is CCCC(CCC)C(Cc1nccn1CC)NCC. The van der Waals surface area contributed by atoms with Gasteiger partial charge in [0.1, 0.15) is 5.82 Å². The van der Waals surface area contributed by atoms with Gasteiger partial charge < -0.3 is 9.88 Å². The van der Waals surface area contributed by atoms with E-state index in [-0.39, 0.29) is 0 Å². The second kappa shape index (κ2) is 9.13. The molecule has 1 atom stereocenters. The van der Waals surface area contributed by atoms with E-state index in [1.54, 1.807) is 0 Å². The Morgan fingerprint density at radius 3 is 2.37 bits per heavy atom. The molecule has 1 rings (SSSR count). The Kier molecular flexibility index (Phi) is 7.80. The van der Waals surface area contributed by atoms with Crippen molar-refractivity contribution < 1.29 is 0 Å². The molecule has 0 aliphatic carbocycles. The second-order valence-corrected chi connectivity index (χ2v) is 5.34. The smallest absolute Gasteiger partial charge is 0.110 e. The first kappa shape index (κ1) is 16.2. The van der Waals surface area contributed by atoms with Crippen molar-refractivity contribution in [2.45, 2.75) is 72.4 Å². The lowest BCUT2D eigenvalue weighted by Gasteiger charge is -2.27. The van der Waals surface area contributed by atoms with Crippen LogP contribution in [0.2, 0.25) is 0 Å². The molecule has 3 heteroatoms. The van der Waals surface area contributed by atoms with E-state index in [0.29, 0.717) is 6.04 Å². The fraction of sp³-hybridized carbons (Fsp3) is 0.812. The molecule has 0 aliphatic heterocycles. The third-order valence-electron chi connectivity index (χ3n) is 3.90. The number of likely N-dealkylation sites (N-methyl/N-ethyl adjacent to an activating group) is 1. The number of nitrogens with one attached hydrogen (secondary N) is 1. The van der Waals surface area contributed by atoms with Crippen molar-refractivity contribution in [2.24, 2.45) is 5.92 Å². The summed E-state index contributed by atoms with van der Waals surface area (Å²) in [6.45, 7) is 11.0. The maximum atomic E-state index is 4.53. The zero-order chi connectivity index (χ0) is 14.1. The summed E-state index contributed by atoms with van der Waals surface area (Å²) in [5.74, 6) is 2.00. The molecule has 1 N–H and O–H groups in total. The minimum atomic E-state index is 0.567. The first-order valence-corrected chi connectivity index (χ1v) is 8.00. The third-order valence-corrected chi connectivity index (χ3v) is 3.90. The van der Waals surface area contributed by atoms with Gasteiger partial charge in [0.05, 0.1) is 0 Å². The summed E-state index contributed by atoms with van der Waals surface area (Å²) in [6.07, 6.45) is 10.3. The largest absolute Gasteiger partial charge is 0.335 e. The van der Waals surface area contributed by atoms with Crippen molar-refractivity contribution >= 4 is 0 Å². The Labute approximate surface area is 118 Å². The number of nitrogens with zero attached hydrogens (tertiary/aromatic N) is 2. The van der Waals surface area contributed by atoms with Gasteiger partial charge in [-0.05, 0) is 32.2 Å². The van der Waals surface area contributed by atoms with E-state index in [1.165, 1.54) is 31.5 Å². The molecule has 1 unspecified atom stereocenters. The molecule has 0 spiro atoms. The Hall–Kier alpha value is -0.830. The predicted octanol–water partition coefficient (Wildman–Crippen LogP) is 3.64. The van der Waals surface area contributed by atoms with Gasteiger partial charge in [-0.3, -0.25) is 0 Å². The Balaban J connectivity index is 2.74. The van der Waals surface area contributed by atoms with E-state index in [4.69, 9.17) is 0 Å². The molecule has 1 aromatic rings. The van der Waals surface area contributed by atoms with Crippen molar-refractivity contribution in [3.8, 4) is 0 Å². The van der Waals surface area contributed by atoms with Gasteiger partial charge in [-0.15, -0.1) is 0 Å². The Morgan fingerprint density at radius 2 is 1.84 bits per heavy atom. The molecule has 1 aromatic heterocycles. The molecule has 0 saturated carbocycles. The van der Waals surface area contributed by atoms with Gasteiger partial charge in [0.25, 0.3) is 0 Å². The summed E-state index contributed by atoms with van der Waals surface area (Å²) in [5.41, 5.74) is 0. The van der Waals surface area contributed by atoms with Crippen molar-refractivity contribution in [1.82, 2.24) is 14.9 Å². The molecule has 0 saturated heterocycles. The number of rotatable bonds is 10. The van der Waals surface area contributed by atoms with E-state index in [2.05, 4.69) is 48.8 Å². The van der Waals surface area contributed by atoms with Crippen LogP contribution in [-0.4, -0.2) is 22.1 Å². The molecule has 0 aromatic carbocycles. The molecule has 0 amide bonds.